The minimum absolute atomic E-state index is 0.0230. The van der Waals surface area contributed by atoms with Gasteiger partial charge in [0.05, 0.1) is 5.56 Å². The second-order valence-corrected chi connectivity index (χ2v) is 3.86. The van der Waals surface area contributed by atoms with Crippen LogP contribution < -0.4 is 0 Å². The van der Waals surface area contributed by atoms with E-state index < -0.39 is 17.0 Å². The summed E-state index contributed by atoms with van der Waals surface area (Å²) in [6, 6.07) is 3.94. The Morgan fingerprint density at radius 1 is 1.57 bits per heavy atom. The van der Waals surface area contributed by atoms with Crippen molar-refractivity contribution >= 4 is 28.7 Å². The Labute approximate surface area is 87.8 Å². The molecular weight excluding hydrogens is 228 g/mol. The average Bonchev–Trinajstić information content (AvgIpc) is 2.07. The molecule has 0 saturated heterocycles. The standard InChI is InChI=1S/C8H7ClO4S/c9-7-2-1-5(8(10)11)3-6(7)4-14(12)13/h1-3H,4H2,(H,10,11)(H,12,13)/p-1. The molecule has 4 nitrogen and oxygen atoms in total. The minimum atomic E-state index is -2.28. The first kappa shape index (κ1) is 11.2. The van der Waals surface area contributed by atoms with Gasteiger partial charge in [0.15, 0.2) is 0 Å². The number of rotatable bonds is 3. The molecule has 0 aliphatic rings. The van der Waals surface area contributed by atoms with Gasteiger partial charge in [0.25, 0.3) is 0 Å². The Bertz CT molecular complexity index is 391. The number of halogens is 1. The maximum Gasteiger partial charge on any atom is 0.335 e. The Balaban J connectivity index is 3.08. The molecule has 1 rings (SSSR count). The third kappa shape index (κ3) is 2.80. The third-order valence-electron chi connectivity index (χ3n) is 1.57. The molecule has 1 N–H and O–H groups in total. The molecule has 1 atom stereocenters. The molecule has 1 aromatic carbocycles. The van der Waals surface area contributed by atoms with Crippen LogP contribution in [0.4, 0.5) is 0 Å². The molecule has 0 aromatic heterocycles. The third-order valence-corrected chi connectivity index (χ3v) is 2.48. The molecule has 6 heteroatoms. The summed E-state index contributed by atoms with van der Waals surface area (Å²) in [5.74, 6) is -1.39. The normalized spacial score (nSPS) is 12.4. The number of carboxylic acids is 1. The fourth-order valence-corrected chi connectivity index (χ4v) is 1.70. The molecule has 0 fully saturated rings. The molecule has 0 bridgehead atoms. The summed E-state index contributed by atoms with van der Waals surface area (Å²) < 4.78 is 20.8. The maximum absolute atomic E-state index is 10.6. The quantitative estimate of drug-likeness (QED) is 0.801. The van der Waals surface area contributed by atoms with Gasteiger partial charge in [0.2, 0.25) is 0 Å². The van der Waals surface area contributed by atoms with Crippen LogP contribution in [0.15, 0.2) is 18.2 Å². The number of hydrogen-bond acceptors (Lipinski definition) is 3. The van der Waals surface area contributed by atoms with Crippen LogP contribution in [0.5, 0.6) is 0 Å². The molecule has 14 heavy (non-hydrogen) atoms. The van der Waals surface area contributed by atoms with E-state index in [1.54, 1.807) is 0 Å². The van der Waals surface area contributed by atoms with Gasteiger partial charge in [0.1, 0.15) is 0 Å². The first-order chi connectivity index (χ1) is 6.50. The molecule has 0 spiro atoms. The number of aromatic carboxylic acids is 1. The summed E-state index contributed by atoms with van der Waals surface area (Å²) in [5.41, 5.74) is 0.315. The molecule has 1 aromatic rings. The largest absolute Gasteiger partial charge is 0.772 e. The molecule has 0 radical (unpaired) electrons. The van der Waals surface area contributed by atoms with Crippen molar-refractivity contribution in [3.63, 3.8) is 0 Å². The van der Waals surface area contributed by atoms with Crippen molar-refractivity contribution in [3.05, 3.63) is 34.3 Å². The highest BCUT2D eigenvalue weighted by Gasteiger charge is 2.06. The summed E-state index contributed by atoms with van der Waals surface area (Å²) in [6.07, 6.45) is 0. The summed E-state index contributed by atoms with van der Waals surface area (Å²) in [7, 11) is 0. The predicted molar refractivity (Wildman–Crippen MR) is 51.0 cm³/mol. The number of hydrogen-bond donors (Lipinski definition) is 1. The van der Waals surface area contributed by atoms with Gasteiger partial charge in [-0.1, -0.05) is 22.7 Å². The lowest BCUT2D eigenvalue weighted by Gasteiger charge is -2.07. The Hall–Kier alpha value is -0.910. The van der Waals surface area contributed by atoms with Crippen molar-refractivity contribution in [2.24, 2.45) is 0 Å². The highest BCUT2D eigenvalue weighted by atomic mass is 35.5. The van der Waals surface area contributed by atoms with Crippen molar-refractivity contribution in [2.45, 2.75) is 5.75 Å². The van der Waals surface area contributed by atoms with Gasteiger partial charge in [-0.05, 0) is 23.8 Å². The molecule has 0 aliphatic heterocycles. The fraction of sp³-hybridized carbons (Fsp3) is 0.125. The number of carbonyl (C=O) groups is 1. The SMILES string of the molecule is O=C(O)c1ccc(Cl)c(CS(=O)[O-])c1. The monoisotopic (exact) mass is 233 g/mol. The zero-order valence-electron chi connectivity index (χ0n) is 6.90. The number of carboxylic acid groups (broad SMARTS) is 1. The van der Waals surface area contributed by atoms with E-state index >= 15 is 0 Å². The minimum Gasteiger partial charge on any atom is -0.772 e. The van der Waals surface area contributed by atoms with Gasteiger partial charge in [-0.2, -0.15) is 0 Å². The lowest BCUT2D eigenvalue weighted by Crippen LogP contribution is -2.00. The van der Waals surface area contributed by atoms with Crippen molar-refractivity contribution < 1.29 is 18.7 Å². The van der Waals surface area contributed by atoms with Gasteiger partial charge < -0.3 is 9.66 Å². The smallest absolute Gasteiger partial charge is 0.335 e. The lowest BCUT2D eigenvalue weighted by molar-refractivity contribution is 0.0696. The molecular formula is C8H6ClO4S-. The highest BCUT2D eigenvalue weighted by Crippen LogP contribution is 2.18. The molecule has 0 amide bonds. The zero-order chi connectivity index (χ0) is 10.7. The van der Waals surface area contributed by atoms with Gasteiger partial charge >= 0.3 is 5.97 Å². The molecule has 0 saturated carbocycles. The van der Waals surface area contributed by atoms with E-state index in [0.29, 0.717) is 5.56 Å². The van der Waals surface area contributed by atoms with Gasteiger partial charge in [-0.25, -0.2) is 4.79 Å². The van der Waals surface area contributed by atoms with E-state index in [4.69, 9.17) is 16.7 Å². The summed E-state index contributed by atoms with van der Waals surface area (Å²) >= 11 is 3.40. The second kappa shape index (κ2) is 4.54. The molecule has 0 heterocycles. The maximum atomic E-state index is 10.6. The van der Waals surface area contributed by atoms with Crippen LogP contribution in [-0.4, -0.2) is 19.8 Å². The van der Waals surface area contributed by atoms with Crippen molar-refractivity contribution in [2.75, 3.05) is 0 Å². The molecule has 1 unspecified atom stereocenters. The van der Waals surface area contributed by atoms with Crippen LogP contribution in [0, 0.1) is 0 Å². The highest BCUT2D eigenvalue weighted by molar-refractivity contribution is 7.78. The van der Waals surface area contributed by atoms with Gasteiger partial charge in [-0.3, -0.25) is 4.21 Å². The van der Waals surface area contributed by atoms with Crippen LogP contribution in [0.3, 0.4) is 0 Å². The number of benzene rings is 1. The second-order valence-electron chi connectivity index (χ2n) is 2.56. The first-order valence-corrected chi connectivity index (χ1v) is 5.20. The summed E-state index contributed by atoms with van der Waals surface area (Å²) in [5, 5.41) is 8.89. The average molecular weight is 234 g/mol. The lowest BCUT2D eigenvalue weighted by atomic mass is 10.1. The van der Waals surface area contributed by atoms with Crippen LogP contribution >= 0.6 is 11.6 Å². The van der Waals surface area contributed by atoms with Crippen LogP contribution in [0.2, 0.25) is 5.02 Å². The Morgan fingerprint density at radius 2 is 2.21 bits per heavy atom. The summed E-state index contributed by atoms with van der Waals surface area (Å²) in [4.78, 5) is 10.6. The van der Waals surface area contributed by atoms with Gasteiger partial charge in [0, 0.05) is 10.8 Å². The van der Waals surface area contributed by atoms with Crippen molar-refractivity contribution in [1.29, 1.82) is 0 Å². The van der Waals surface area contributed by atoms with E-state index in [-0.39, 0.29) is 16.3 Å². The van der Waals surface area contributed by atoms with Crippen molar-refractivity contribution in [3.8, 4) is 0 Å². The van der Waals surface area contributed by atoms with Crippen LogP contribution in [0.25, 0.3) is 0 Å². The van der Waals surface area contributed by atoms with Gasteiger partial charge in [-0.15, -0.1) is 0 Å². The topological polar surface area (TPSA) is 77.4 Å². The van der Waals surface area contributed by atoms with Crippen molar-refractivity contribution in [1.82, 2.24) is 0 Å². The Kier molecular flexibility index (Phi) is 3.62. The summed E-state index contributed by atoms with van der Waals surface area (Å²) in [6.45, 7) is 0. The molecule has 76 valence electrons. The van der Waals surface area contributed by atoms with E-state index in [1.807, 2.05) is 0 Å². The van der Waals surface area contributed by atoms with E-state index in [9.17, 15) is 13.6 Å². The van der Waals surface area contributed by atoms with Crippen LogP contribution in [0.1, 0.15) is 15.9 Å². The molecule has 0 aliphatic carbocycles. The fourth-order valence-electron chi connectivity index (χ4n) is 0.945. The first-order valence-electron chi connectivity index (χ1n) is 3.58. The van der Waals surface area contributed by atoms with E-state index in [2.05, 4.69) is 0 Å². The van der Waals surface area contributed by atoms with E-state index in [0.717, 1.165) is 0 Å². The zero-order valence-corrected chi connectivity index (χ0v) is 8.47. The van der Waals surface area contributed by atoms with Crippen LogP contribution in [-0.2, 0) is 16.8 Å². The van der Waals surface area contributed by atoms with E-state index in [1.165, 1.54) is 18.2 Å². The predicted octanol–water partition coefficient (Wildman–Crippen LogP) is 1.42. The Morgan fingerprint density at radius 3 is 2.71 bits per heavy atom.